The van der Waals surface area contributed by atoms with E-state index in [-0.39, 0.29) is 21.9 Å². The van der Waals surface area contributed by atoms with Crippen LogP contribution in [0, 0.1) is 0 Å². The number of para-hydroxylation sites is 1. The van der Waals surface area contributed by atoms with Crippen LogP contribution in [0.15, 0.2) is 59.5 Å². The Morgan fingerprint density at radius 3 is 2.41 bits per heavy atom. The van der Waals surface area contributed by atoms with Crippen LogP contribution in [0.25, 0.3) is 10.9 Å². The fourth-order valence-electron chi connectivity index (χ4n) is 2.46. The summed E-state index contributed by atoms with van der Waals surface area (Å²) in [7, 11) is -2.58. The van der Waals surface area contributed by atoms with Crippen LogP contribution >= 0.6 is 0 Å². The van der Waals surface area contributed by atoms with Gasteiger partial charge in [0.2, 0.25) is 0 Å². The molecule has 7 nitrogen and oxygen atoms in total. The second-order valence-corrected chi connectivity index (χ2v) is 7.69. The van der Waals surface area contributed by atoms with E-state index in [4.69, 9.17) is 4.74 Å². The average Bonchev–Trinajstić information content (AvgIpc) is 2.66. The average molecular weight is 385 g/mol. The molecule has 0 bridgehead atoms. The Kier molecular flexibility index (Phi) is 4.91. The van der Waals surface area contributed by atoms with Crippen molar-refractivity contribution in [3.8, 4) is 5.75 Å². The highest BCUT2D eigenvalue weighted by Gasteiger charge is 2.21. The molecule has 8 heteroatoms. The van der Waals surface area contributed by atoms with Crippen molar-refractivity contribution >= 4 is 32.7 Å². The number of sulfone groups is 1. The van der Waals surface area contributed by atoms with Crippen molar-refractivity contribution in [1.82, 2.24) is 4.98 Å². The molecule has 0 saturated heterocycles. The molecule has 0 N–H and O–H groups in total. The molecule has 3 rings (SSSR count). The molecule has 0 amide bonds. The zero-order valence-electron chi connectivity index (χ0n) is 14.5. The molecule has 3 aromatic rings. The van der Waals surface area contributed by atoms with Crippen LogP contribution in [0.2, 0.25) is 0 Å². The Hall–Kier alpha value is -3.26. The summed E-state index contributed by atoms with van der Waals surface area (Å²) in [6, 6.07) is 14.1. The lowest BCUT2D eigenvalue weighted by Crippen LogP contribution is -2.14. The molecule has 0 saturated carbocycles. The number of nitrogens with zero attached hydrogens (tertiary/aromatic N) is 1. The van der Waals surface area contributed by atoms with E-state index in [1.54, 1.807) is 18.2 Å². The molecule has 0 aliphatic rings. The van der Waals surface area contributed by atoms with Gasteiger partial charge in [-0.1, -0.05) is 24.3 Å². The van der Waals surface area contributed by atoms with E-state index in [0.29, 0.717) is 5.52 Å². The number of carbonyl (C=O) groups is 2. The summed E-state index contributed by atoms with van der Waals surface area (Å²) in [5.41, 5.74) is 0.670. The van der Waals surface area contributed by atoms with Crippen molar-refractivity contribution in [2.75, 3.05) is 13.4 Å². The second-order valence-electron chi connectivity index (χ2n) is 5.70. The third-order valence-corrected chi connectivity index (χ3v) is 4.89. The SMILES string of the molecule is COC(=O)c1ccc(OC(=O)c2ccc3ccccc3n2)c(S(C)(=O)=O)c1. The molecule has 1 aromatic heterocycles. The van der Waals surface area contributed by atoms with Crippen molar-refractivity contribution in [2.45, 2.75) is 4.90 Å². The van der Waals surface area contributed by atoms with Crippen molar-refractivity contribution in [2.24, 2.45) is 0 Å². The van der Waals surface area contributed by atoms with Crippen molar-refractivity contribution < 1.29 is 27.5 Å². The molecule has 1 heterocycles. The number of rotatable bonds is 4. The Balaban J connectivity index is 1.98. The fourth-order valence-corrected chi connectivity index (χ4v) is 3.28. The number of aromatic nitrogens is 1. The maximum Gasteiger partial charge on any atom is 0.362 e. The van der Waals surface area contributed by atoms with Crippen molar-refractivity contribution in [3.05, 3.63) is 65.9 Å². The second kappa shape index (κ2) is 7.16. The Morgan fingerprint density at radius 1 is 0.963 bits per heavy atom. The van der Waals surface area contributed by atoms with E-state index in [2.05, 4.69) is 9.72 Å². The largest absolute Gasteiger partial charge is 0.465 e. The molecule has 0 unspecified atom stereocenters. The van der Waals surface area contributed by atoms with Crippen molar-refractivity contribution in [3.63, 3.8) is 0 Å². The van der Waals surface area contributed by atoms with Gasteiger partial charge in [0.15, 0.2) is 9.84 Å². The number of esters is 2. The van der Waals surface area contributed by atoms with Gasteiger partial charge in [0.25, 0.3) is 0 Å². The van der Waals surface area contributed by atoms with Gasteiger partial charge in [-0.3, -0.25) is 0 Å². The first kappa shape index (κ1) is 18.5. The van der Waals surface area contributed by atoms with Gasteiger partial charge < -0.3 is 9.47 Å². The monoisotopic (exact) mass is 385 g/mol. The summed E-state index contributed by atoms with van der Waals surface area (Å²) >= 11 is 0. The lowest BCUT2D eigenvalue weighted by molar-refractivity contribution is 0.0600. The van der Waals surface area contributed by atoms with Gasteiger partial charge in [-0.25, -0.2) is 23.0 Å². The molecule has 0 spiro atoms. The number of benzene rings is 2. The Morgan fingerprint density at radius 2 is 1.70 bits per heavy atom. The predicted molar refractivity (Wildman–Crippen MR) is 97.6 cm³/mol. The predicted octanol–water partition coefficient (Wildman–Crippen LogP) is 2.64. The van der Waals surface area contributed by atoms with Crippen LogP contribution in [0.4, 0.5) is 0 Å². The van der Waals surface area contributed by atoms with Gasteiger partial charge >= 0.3 is 11.9 Å². The first-order chi connectivity index (χ1) is 12.8. The summed E-state index contributed by atoms with van der Waals surface area (Å²) < 4.78 is 33.9. The van der Waals surface area contributed by atoms with Crippen LogP contribution < -0.4 is 4.74 Å². The number of methoxy groups -OCH3 is 1. The number of hydrogen-bond acceptors (Lipinski definition) is 7. The maximum atomic E-state index is 12.4. The van der Waals surface area contributed by atoms with Gasteiger partial charge in [0.1, 0.15) is 16.3 Å². The Labute approximate surface area is 155 Å². The first-order valence-electron chi connectivity index (χ1n) is 7.80. The lowest BCUT2D eigenvalue weighted by Gasteiger charge is -2.10. The molecule has 0 radical (unpaired) electrons. The van der Waals surface area contributed by atoms with E-state index < -0.39 is 21.8 Å². The van der Waals surface area contributed by atoms with E-state index in [9.17, 15) is 18.0 Å². The van der Waals surface area contributed by atoms with Gasteiger partial charge in [0, 0.05) is 11.6 Å². The minimum absolute atomic E-state index is 0.0292. The quantitative estimate of drug-likeness (QED) is 0.503. The molecule has 0 atom stereocenters. The molecular formula is C19H15NO6S. The number of ether oxygens (including phenoxy) is 2. The molecule has 27 heavy (non-hydrogen) atoms. The molecule has 138 valence electrons. The van der Waals surface area contributed by atoms with Crippen LogP contribution in [0.1, 0.15) is 20.8 Å². The smallest absolute Gasteiger partial charge is 0.362 e. The highest BCUT2D eigenvalue weighted by molar-refractivity contribution is 7.90. The number of carbonyl (C=O) groups excluding carboxylic acids is 2. The minimum Gasteiger partial charge on any atom is -0.465 e. The fraction of sp³-hybridized carbons (Fsp3) is 0.105. The topological polar surface area (TPSA) is 99.6 Å². The molecule has 0 aliphatic carbocycles. The maximum absolute atomic E-state index is 12.4. The van der Waals surface area contributed by atoms with Crippen molar-refractivity contribution in [1.29, 1.82) is 0 Å². The van der Waals surface area contributed by atoms with E-state index in [1.807, 2.05) is 12.1 Å². The number of pyridine rings is 1. The minimum atomic E-state index is -3.77. The van der Waals surface area contributed by atoms with E-state index in [1.165, 1.54) is 25.3 Å². The molecule has 2 aromatic carbocycles. The summed E-state index contributed by atoms with van der Waals surface area (Å²) in [5.74, 6) is -1.70. The first-order valence-corrected chi connectivity index (χ1v) is 9.69. The number of hydrogen-bond donors (Lipinski definition) is 0. The third-order valence-electron chi connectivity index (χ3n) is 3.77. The Bertz CT molecular complexity index is 1150. The highest BCUT2D eigenvalue weighted by atomic mass is 32.2. The van der Waals surface area contributed by atoms with Gasteiger partial charge in [-0.2, -0.15) is 0 Å². The van der Waals surface area contributed by atoms with E-state index in [0.717, 1.165) is 17.7 Å². The van der Waals surface area contributed by atoms with Crippen LogP contribution in [-0.2, 0) is 14.6 Å². The summed E-state index contributed by atoms with van der Waals surface area (Å²) in [6.07, 6.45) is 0.953. The molecule has 0 fully saturated rings. The summed E-state index contributed by atoms with van der Waals surface area (Å²) in [6.45, 7) is 0. The summed E-state index contributed by atoms with van der Waals surface area (Å²) in [4.78, 5) is 28.0. The molecule has 0 aliphatic heterocycles. The molecular weight excluding hydrogens is 370 g/mol. The summed E-state index contributed by atoms with van der Waals surface area (Å²) in [5, 5.41) is 0.855. The van der Waals surface area contributed by atoms with Gasteiger partial charge in [0.05, 0.1) is 18.2 Å². The zero-order valence-corrected chi connectivity index (χ0v) is 15.3. The van der Waals surface area contributed by atoms with Crippen LogP contribution in [-0.4, -0.2) is 38.7 Å². The van der Waals surface area contributed by atoms with E-state index >= 15 is 0 Å². The van der Waals surface area contributed by atoms with Gasteiger partial charge in [-0.05, 0) is 30.3 Å². The normalized spacial score (nSPS) is 11.2. The van der Waals surface area contributed by atoms with Crippen LogP contribution in [0.3, 0.4) is 0 Å². The lowest BCUT2D eigenvalue weighted by atomic mass is 10.2. The highest BCUT2D eigenvalue weighted by Crippen LogP contribution is 2.26. The standard InChI is InChI=1S/C19H15NO6S/c1-25-18(21)13-8-10-16(17(11-13)27(2,23)24)26-19(22)15-9-7-12-5-3-4-6-14(12)20-15/h3-11H,1-2H3. The number of fused-ring (bicyclic) bond motifs is 1. The zero-order chi connectivity index (χ0) is 19.6. The van der Waals surface area contributed by atoms with Gasteiger partial charge in [-0.15, -0.1) is 0 Å². The third kappa shape index (κ3) is 3.95. The van der Waals surface area contributed by atoms with Crippen LogP contribution in [0.5, 0.6) is 5.75 Å².